The second kappa shape index (κ2) is 8.67. The van der Waals surface area contributed by atoms with E-state index in [1.807, 2.05) is 4.90 Å². The molecule has 0 saturated carbocycles. The molecule has 3 rings (SSSR count). The van der Waals surface area contributed by atoms with Crippen molar-refractivity contribution in [2.75, 3.05) is 45.4 Å². The molecule has 0 atom stereocenters. The minimum atomic E-state index is -3.74. The van der Waals surface area contributed by atoms with Crippen LogP contribution in [0, 0.1) is 6.92 Å². The molecule has 28 heavy (non-hydrogen) atoms. The third-order valence-corrected chi connectivity index (χ3v) is 5.62. The van der Waals surface area contributed by atoms with Crippen LogP contribution in [0.4, 0.5) is 5.95 Å². The standard InChI is InChI=1S/C17H23N5O5S/c1-12-10-13(4-5-14(12)25-2)28(23,24)18-11-15-19-16(21-17(20-15)26-3)22-6-8-27-9-7-22/h4-5,10,18H,6-9,11H2,1-3H3. The first-order valence-corrected chi connectivity index (χ1v) is 10.2. The Hall–Kier alpha value is -2.50. The number of anilines is 1. The van der Waals surface area contributed by atoms with Gasteiger partial charge in [-0.2, -0.15) is 15.0 Å². The van der Waals surface area contributed by atoms with E-state index in [4.69, 9.17) is 14.2 Å². The Morgan fingerprint density at radius 2 is 1.89 bits per heavy atom. The van der Waals surface area contributed by atoms with Gasteiger partial charge in [-0.1, -0.05) is 0 Å². The molecule has 0 radical (unpaired) electrons. The normalized spacial score (nSPS) is 14.8. The molecule has 0 aliphatic carbocycles. The third-order valence-electron chi connectivity index (χ3n) is 4.22. The Bertz CT molecular complexity index is 932. The van der Waals surface area contributed by atoms with Gasteiger partial charge in [0, 0.05) is 13.1 Å². The molecule has 1 fully saturated rings. The Morgan fingerprint density at radius 3 is 2.54 bits per heavy atom. The SMILES string of the molecule is COc1nc(CNS(=O)(=O)c2ccc(OC)c(C)c2)nc(N2CCOCC2)n1. The fourth-order valence-corrected chi connectivity index (χ4v) is 3.79. The van der Waals surface area contributed by atoms with E-state index >= 15 is 0 Å². The molecule has 2 aromatic rings. The summed E-state index contributed by atoms with van der Waals surface area (Å²) in [6.07, 6.45) is 0. The van der Waals surface area contributed by atoms with Crippen molar-refractivity contribution in [3.63, 3.8) is 0 Å². The van der Waals surface area contributed by atoms with Crippen LogP contribution in [0.15, 0.2) is 23.1 Å². The van der Waals surface area contributed by atoms with Crippen molar-refractivity contribution in [3.05, 3.63) is 29.6 Å². The maximum absolute atomic E-state index is 12.6. The third kappa shape index (κ3) is 4.66. The fraction of sp³-hybridized carbons (Fsp3) is 0.471. The molecule has 1 aliphatic heterocycles. The molecule has 11 heteroatoms. The van der Waals surface area contributed by atoms with E-state index < -0.39 is 10.0 Å². The Balaban J connectivity index is 1.78. The van der Waals surface area contributed by atoms with Crippen molar-refractivity contribution in [1.29, 1.82) is 0 Å². The van der Waals surface area contributed by atoms with E-state index in [-0.39, 0.29) is 23.3 Å². The van der Waals surface area contributed by atoms with Gasteiger partial charge in [0.2, 0.25) is 16.0 Å². The van der Waals surface area contributed by atoms with Crippen LogP contribution in [0.25, 0.3) is 0 Å². The predicted molar refractivity (Wildman–Crippen MR) is 101 cm³/mol. The van der Waals surface area contributed by atoms with E-state index in [0.717, 1.165) is 5.56 Å². The second-order valence-corrected chi connectivity index (χ2v) is 7.86. The van der Waals surface area contributed by atoms with Crippen LogP contribution >= 0.6 is 0 Å². The largest absolute Gasteiger partial charge is 0.496 e. The van der Waals surface area contributed by atoms with Crippen LogP contribution < -0.4 is 19.1 Å². The number of nitrogens with zero attached hydrogens (tertiary/aromatic N) is 4. The summed E-state index contributed by atoms with van der Waals surface area (Å²) < 4.78 is 43.4. The number of aryl methyl sites for hydroxylation is 1. The topological polar surface area (TPSA) is 116 Å². The number of aromatic nitrogens is 3. The van der Waals surface area contributed by atoms with Gasteiger partial charge >= 0.3 is 6.01 Å². The smallest absolute Gasteiger partial charge is 0.321 e. The van der Waals surface area contributed by atoms with E-state index in [0.29, 0.717) is 38.0 Å². The summed E-state index contributed by atoms with van der Waals surface area (Å²) in [6.45, 7) is 4.12. The van der Waals surface area contributed by atoms with Gasteiger partial charge in [0.25, 0.3) is 0 Å². The van der Waals surface area contributed by atoms with Crippen LogP contribution in [0.3, 0.4) is 0 Å². The lowest BCUT2D eigenvalue weighted by molar-refractivity contribution is 0.122. The van der Waals surface area contributed by atoms with E-state index in [9.17, 15) is 8.42 Å². The van der Waals surface area contributed by atoms with Gasteiger partial charge in [-0.25, -0.2) is 13.1 Å². The van der Waals surface area contributed by atoms with Crippen molar-refractivity contribution < 1.29 is 22.6 Å². The van der Waals surface area contributed by atoms with Crippen LogP contribution in [-0.4, -0.2) is 63.9 Å². The van der Waals surface area contributed by atoms with Crippen LogP contribution in [0.5, 0.6) is 11.8 Å². The monoisotopic (exact) mass is 409 g/mol. The van der Waals surface area contributed by atoms with Crippen LogP contribution in [0.1, 0.15) is 11.4 Å². The fourth-order valence-electron chi connectivity index (χ4n) is 2.72. The Kier molecular flexibility index (Phi) is 6.27. The van der Waals surface area contributed by atoms with Gasteiger partial charge in [0.15, 0.2) is 5.82 Å². The maximum atomic E-state index is 12.6. The van der Waals surface area contributed by atoms with Gasteiger partial charge in [-0.05, 0) is 30.7 Å². The molecule has 2 heterocycles. The summed E-state index contributed by atoms with van der Waals surface area (Å²) in [5.41, 5.74) is 0.724. The van der Waals surface area contributed by atoms with Crippen molar-refractivity contribution >= 4 is 16.0 Å². The first-order valence-electron chi connectivity index (χ1n) is 8.69. The molecule has 0 spiro atoms. The van der Waals surface area contributed by atoms with Crippen molar-refractivity contribution in [2.24, 2.45) is 0 Å². The van der Waals surface area contributed by atoms with Crippen molar-refractivity contribution in [3.8, 4) is 11.8 Å². The quantitative estimate of drug-likeness (QED) is 0.698. The van der Waals surface area contributed by atoms with Gasteiger partial charge in [0.05, 0.1) is 38.9 Å². The summed E-state index contributed by atoms with van der Waals surface area (Å²) in [5, 5.41) is 0. The Morgan fingerprint density at radius 1 is 1.14 bits per heavy atom. The highest BCUT2D eigenvalue weighted by Gasteiger charge is 2.19. The average Bonchev–Trinajstić information content (AvgIpc) is 2.72. The molecule has 1 saturated heterocycles. The maximum Gasteiger partial charge on any atom is 0.321 e. The molecular weight excluding hydrogens is 386 g/mol. The zero-order valence-corrected chi connectivity index (χ0v) is 16.8. The number of morpholine rings is 1. The van der Waals surface area contributed by atoms with Crippen molar-refractivity contribution in [1.82, 2.24) is 19.7 Å². The number of methoxy groups -OCH3 is 2. The number of benzene rings is 1. The predicted octanol–water partition coefficient (Wildman–Crippen LogP) is 0.512. The van der Waals surface area contributed by atoms with Crippen LogP contribution in [0.2, 0.25) is 0 Å². The molecule has 1 aliphatic rings. The zero-order chi connectivity index (χ0) is 20.1. The van der Waals surface area contributed by atoms with Gasteiger partial charge < -0.3 is 19.1 Å². The van der Waals surface area contributed by atoms with Gasteiger partial charge in [-0.3, -0.25) is 0 Å². The highest BCUT2D eigenvalue weighted by Crippen LogP contribution is 2.21. The average molecular weight is 409 g/mol. The van der Waals surface area contributed by atoms with E-state index in [1.54, 1.807) is 19.1 Å². The zero-order valence-electron chi connectivity index (χ0n) is 16.0. The summed E-state index contributed by atoms with van der Waals surface area (Å²) in [6, 6.07) is 4.79. The molecule has 0 unspecified atom stereocenters. The molecular formula is C17H23N5O5S. The molecule has 10 nitrogen and oxygen atoms in total. The number of hydrogen-bond acceptors (Lipinski definition) is 9. The molecule has 1 aromatic heterocycles. The highest BCUT2D eigenvalue weighted by molar-refractivity contribution is 7.89. The second-order valence-electron chi connectivity index (χ2n) is 6.09. The minimum absolute atomic E-state index is 0.0936. The first kappa shape index (κ1) is 20.2. The summed E-state index contributed by atoms with van der Waals surface area (Å²) in [4.78, 5) is 14.8. The minimum Gasteiger partial charge on any atom is -0.496 e. The summed E-state index contributed by atoms with van der Waals surface area (Å²) in [5.74, 6) is 1.32. The molecule has 1 aromatic carbocycles. The van der Waals surface area contributed by atoms with Gasteiger partial charge in [-0.15, -0.1) is 0 Å². The first-order chi connectivity index (χ1) is 13.4. The number of ether oxygens (including phenoxy) is 3. The number of nitrogens with one attached hydrogen (secondary N) is 1. The lowest BCUT2D eigenvalue weighted by Gasteiger charge is -2.26. The van der Waals surface area contributed by atoms with E-state index in [2.05, 4.69) is 19.7 Å². The van der Waals surface area contributed by atoms with E-state index in [1.165, 1.54) is 20.3 Å². The Labute approximate surface area is 163 Å². The van der Waals surface area contributed by atoms with Gasteiger partial charge in [0.1, 0.15) is 5.75 Å². The summed E-state index contributed by atoms with van der Waals surface area (Å²) in [7, 11) is -0.756. The number of rotatable bonds is 7. The molecule has 0 bridgehead atoms. The molecule has 1 N–H and O–H groups in total. The molecule has 152 valence electrons. The highest BCUT2D eigenvalue weighted by atomic mass is 32.2. The number of hydrogen-bond donors (Lipinski definition) is 1. The number of sulfonamides is 1. The van der Waals surface area contributed by atoms with Crippen LogP contribution in [-0.2, 0) is 21.3 Å². The lowest BCUT2D eigenvalue weighted by atomic mass is 10.2. The lowest BCUT2D eigenvalue weighted by Crippen LogP contribution is -2.37. The molecule has 0 amide bonds. The van der Waals surface area contributed by atoms with Crippen molar-refractivity contribution in [2.45, 2.75) is 18.4 Å². The summed E-state index contributed by atoms with van der Waals surface area (Å²) >= 11 is 0.